The van der Waals surface area contributed by atoms with E-state index in [2.05, 4.69) is 10.3 Å². The zero-order valence-corrected chi connectivity index (χ0v) is 13.7. The second-order valence-corrected chi connectivity index (χ2v) is 5.96. The summed E-state index contributed by atoms with van der Waals surface area (Å²) in [6.45, 7) is 0.649. The summed E-state index contributed by atoms with van der Waals surface area (Å²) in [5.74, 6) is 1.35. The van der Waals surface area contributed by atoms with Gasteiger partial charge in [-0.3, -0.25) is 9.63 Å². The maximum atomic E-state index is 11.6. The van der Waals surface area contributed by atoms with Crippen molar-refractivity contribution in [1.29, 1.82) is 0 Å². The first-order valence-electron chi connectivity index (χ1n) is 7.13. The van der Waals surface area contributed by atoms with Gasteiger partial charge in [0.15, 0.2) is 10.8 Å². The highest BCUT2D eigenvalue weighted by Crippen LogP contribution is 2.30. The van der Waals surface area contributed by atoms with E-state index in [1.807, 2.05) is 36.4 Å². The normalized spacial score (nSPS) is 11.0. The molecule has 0 bridgehead atoms. The fourth-order valence-electron chi connectivity index (χ4n) is 2.07. The molecule has 0 aliphatic heterocycles. The van der Waals surface area contributed by atoms with Crippen molar-refractivity contribution >= 4 is 27.5 Å². The van der Waals surface area contributed by atoms with Crippen molar-refractivity contribution in [3.05, 3.63) is 42.2 Å². The van der Waals surface area contributed by atoms with Crippen molar-refractivity contribution in [3.63, 3.8) is 0 Å². The second kappa shape index (κ2) is 6.91. The minimum Gasteiger partial charge on any atom is -0.457 e. The molecule has 0 saturated carbocycles. The van der Waals surface area contributed by atoms with Crippen molar-refractivity contribution in [3.8, 4) is 10.8 Å². The van der Waals surface area contributed by atoms with Gasteiger partial charge in [-0.05, 0) is 24.3 Å². The van der Waals surface area contributed by atoms with Crippen LogP contribution in [-0.2, 0) is 16.2 Å². The number of carbonyl (C=O) groups excluding carboxylic acids is 1. The van der Waals surface area contributed by atoms with Crippen molar-refractivity contribution in [2.45, 2.75) is 6.54 Å². The SMILES string of the molecule is CON(C)C(=O)CNCc1ccc(-c2nc3ccccc3s2)o1. The Bertz CT molecular complexity index is 779. The van der Waals surface area contributed by atoms with Gasteiger partial charge in [-0.2, -0.15) is 0 Å². The van der Waals surface area contributed by atoms with E-state index < -0.39 is 0 Å². The van der Waals surface area contributed by atoms with Gasteiger partial charge < -0.3 is 9.73 Å². The summed E-state index contributed by atoms with van der Waals surface area (Å²) in [7, 11) is 3.02. The predicted molar refractivity (Wildman–Crippen MR) is 88.8 cm³/mol. The quantitative estimate of drug-likeness (QED) is 0.703. The Labute approximate surface area is 137 Å². The summed E-state index contributed by atoms with van der Waals surface area (Å²) >= 11 is 1.60. The number of likely N-dealkylation sites (N-methyl/N-ethyl adjacent to an activating group) is 1. The number of aromatic nitrogens is 1. The van der Waals surface area contributed by atoms with Gasteiger partial charge in [0.25, 0.3) is 5.91 Å². The van der Waals surface area contributed by atoms with Gasteiger partial charge in [-0.15, -0.1) is 11.3 Å². The average molecular weight is 331 g/mol. The molecule has 2 aromatic heterocycles. The number of hydrogen-bond donors (Lipinski definition) is 1. The lowest BCUT2D eigenvalue weighted by Crippen LogP contribution is -2.34. The van der Waals surface area contributed by atoms with Crippen LogP contribution in [-0.4, -0.2) is 36.7 Å². The Morgan fingerprint density at radius 2 is 2.17 bits per heavy atom. The van der Waals surface area contributed by atoms with Crippen LogP contribution in [0.5, 0.6) is 0 Å². The number of para-hydroxylation sites is 1. The summed E-state index contributed by atoms with van der Waals surface area (Å²) in [6.07, 6.45) is 0. The standard InChI is InChI=1S/C16H17N3O3S/c1-19(21-2)15(20)10-17-9-11-7-8-13(22-11)16-18-12-5-3-4-6-14(12)23-16/h3-8,17H,9-10H2,1-2H3. The van der Waals surface area contributed by atoms with Gasteiger partial charge in [0.1, 0.15) is 5.76 Å². The van der Waals surface area contributed by atoms with Crippen LogP contribution in [0, 0.1) is 0 Å². The third-order valence-electron chi connectivity index (χ3n) is 3.37. The van der Waals surface area contributed by atoms with Crippen LogP contribution in [0.2, 0.25) is 0 Å². The van der Waals surface area contributed by atoms with Crippen molar-refractivity contribution in [2.24, 2.45) is 0 Å². The van der Waals surface area contributed by atoms with E-state index in [9.17, 15) is 4.79 Å². The number of nitrogens with one attached hydrogen (secondary N) is 1. The first-order chi connectivity index (χ1) is 11.2. The molecule has 0 radical (unpaired) electrons. The van der Waals surface area contributed by atoms with E-state index in [0.29, 0.717) is 6.54 Å². The van der Waals surface area contributed by atoms with Gasteiger partial charge >= 0.3 is 0 Å². The fraction of sp³-hybridized carbons (Fsp3) is 0.250. The fourth-order valence-corrected chi connectivity index (χ4v) is 3.00. The molecule has 120 valence electrons. The summed E-state index contributed by atoms with van der Waals surface area (Å²) in [4.78, 5) is 21.0. The first-order valence-corrected chi connectivity index (χ1v) is 7.95. The molecule has 0 atom stereocenters. The Balaban J connectivity index is 1.63. The average Bonchev–Trinajstić information content (AvgIpc) is 3.20. The van der Waals surface area contributed by atoms with Crippen LogP contribution in [0.1, 0.15) is 5.76 Å². The molecular weight excluding hydrogens is 314 g/mol. The van der Waals surface area contributed by atoms with Gasteiger partial charge in [0.2, 0.25) is 0 Å². The zero-order chi connectivity index (χ0) is 16.2. The molecule has 0 aliphatic rings. The van der Waals surface area contributed by atoms with Gasteiger partial charge in [0.05, 0.1) is 30.4 Å². The van der Waals surface area contributed by atoms with E-state index in [1.54, 1.807) is 18.4 Å². The van der Waals surface area contributed by atoms with Crippen molar-refractivity contribution in [2.75, 3.05) is 20.7 Å². The summed E-state index contributed by atoms with van der Waals surface area (Å²) < 4.78 is 6.93. The minimum atomic E-state index is -0.148. The molecule has 2 heterocycles. The molecule has 6 nitrogen and oxygen atoms in total. The number of amides is 1. The molecule has 0 aliphatic carbocycles. The molecule has 0 spiro atoms. The predicted octanol–water partition coefficient (Wildman–Crippen LogP) is 2.67. The maximum absolute atomic E-state index is 11.6. The molecule has 23 heavy (non-hydrogen) atoms. The topological polar surface area (TPSA) is 67.6 Å². The highest BCUT2D eigenvalue weighted by molar-refractivity contribution is 7.21. The number of rotatable bonds is 6. The van der Waals surface area contributed by atoms with Crippen LogP contribution in [0.4, 0.5) is 0 Å². The molecule has 1 N–H and O–H groups in total. The van der Waals surface area contributed by atoms with Crippen LogP contribution in [0.25, 0.3) is 21.0 Å². The van der Waals surface area contributed by atoms with Gasteiger partial charge in [0, 0.05) is 7.05 Å². The maximum Gasteiger partial charge on any atom is 0.259 e. The van der Waals surface area contributed by atoms with Crippen LogP contribution >= 0.6 is 11.3 Å². The summed E-state index contributed by atoms with van der Waals surface area (Å²) in [5.41, 5.74) is 0.969. The first kappa shape index (κ1) is 15.7. The third-order valence-corrected chi connectivity index (χ3v) is 4.42. The molecule has 0 unspecified atom stereocenters. The number of thiazole rings is 1. The highest BCUT2D eigenvalue weighted by atomic mass is 32.1. The Morgan fingerprint density at radius 1 is 1.35 bits per heavy atom. The number of carbonyl (C=O) groups is 1. The Hall–Kier alpha value is -2.22. The molecule has 7 heteroatoms. The number of hydroxylamine groups is 2. The van der Waals surface area contributed by atoms with Crippen LogP contribution < -0.4 is 5.32 Å². The number of benzene rings is 1. The van der Waals surface area contributed by atoms with E-state index in [0.717, 1.165) is 26.7 Å². The van der Waals surface area contributed by atoms with E-state index in [1.165, 1.54) is 12.2 Å². The number of fused-ring (bicyclic) bond motifs is 1. The molecular formula is C16H17N3O3S. The largest absolute Gasteiger partial charge is 0.457 e. The number of nitrogens with zero attached hydrogens (tertiary/aromatic N) is 2. The lowest BCUT2D eigenvalue weighted by molar-refractivity contribution is -0.167. The molecule has 1 aromatic carbocycles. The van der Waals surface area contributed by atoms with E-state index >= 15 is 0 Å². The zero-order valence-electron chi connectivity index (χ0n) is 12.9. The van der Waals surface area contributed by atoms with Gasteiger partial charge in [-0.1, -0.05) is 12.1 Å². The molecule has 0 fully saturated rings. The lowest BCUT2D eigenvalue weighted by Gasteiger charge is -2.13. The summed E-state index contributed by atoms with van der Waals surface area (Å²) in [6, 6.07) is 11.8. The molecule has 3 aromatic rings. The summed E-state index contributed by atoms with van der Waals surface area (Å²) in [5, 5.41) is 5.06. The highest BCUT2D eigenvalue weighted by Gasteiger charge is 2.11. The van der Waals surface area contributed by atoms with E-state index in [4.69, 9.17) is 9.25 Å². The van der Waals surface area contributed by atoms with Gasteiger partial charge in [-0.25, -0.2) is 10.0 Å². The lowest BCUT2D eigenvalue weighted by atomic mass is 10.3. The molecule has 1 amide bonds. The minimum absolute atomic E-state index is 0.148. The second-order valence-electron chi connectivity index (χ2n) is 4.93. The third kappa shape index (κ3) is 3.58. The molecule has 3 rings (SSSR count). The monoisotopic (exact) mass is 331 g/mol. The van der Waals surface area contributed by atoms with Crippen molar-refractivity contribution < 1.29 is 14.0 Å². The Kier molecular flexibility index (Phi) is 4.71. The Morgan fingerprint density at radius 3 is 2.96 bits per heavy atom. The number of hydrogen-bond acceptors (Lipinski definition) is 6. The van der Waals surface area contributed by atoms with Crippen LogP contribution in [0.15, 0.2) is 40.8 Å². The smallest absolute Gasteiger partial charge is 0.259 e. The van der Waals surface area contributed by atoms with E-state index in [-0.39, 0.29) is 12.5 Å². The molecule has 0 saturated heterocycles. The van der Waals surface area contributed by atoms with Crippen LogP contribution in [0.3, 0.4) is 0 Å². The number of furan rings is 1. The van der Waals surface area contributed by atoms with Crippen molar-refractivity contribution in [1.82, 2.24) is 15.4 Å².